The van der Waals surface area contributed by atoms with Gasteiger partial charge in [-0.2, -0.15) is 0 Å². The molecule has 0 aromatic rings. The number of hydrogen-bond donors (Lipinski definition) is 1. The minimum absolute atomic E-state index is 0.990. The maximum atomic E-state index is 3.11. The molecule has 0 rings (SSSR count). The fraction of sp³-hybridized carbons (Fsp3) is 1.00. The average molecular weight is 336 g/mol. The SMILES string of the molecule is CCNCC.C[CH](C)[Sn]([CH3])([CH](C)C)[CH](C)C. The fourth-order valence-corrected chi connectivity index (χ4v) is 13.7. The zero-order valence-electron chi connectivity index (χ0n) is 13.1. The molecule has 1 N–H and O–H groups in total. The Labute approximate surface area is 109 Å². The summed E-state index contributed by atoms with van der Waals surface area (Å²) in [6.07, 6.45) is 0. The molecule has 0 saturated heterocycles. The number of rotatable bonds is 5. The van der Waals surface area contributed by atoms with Crippen LogP contribution in [0.15, 0.2) is 0 Å². The van der Waals surface area contributed by atoms with Crippen molar-refractivity contribution in [2.24, 2.45) is 0 Å². The van der Waals surface area contributed by atoms with Crippen LogP contribution in [0.1, 0.15) is 55.4 Å². The zero-order valence-corrected chi connectivity index (χ0v) is 16.0. The Morgan fingerprint density at radius 2 is 1.00 bits per heavy atom. The first kappa shape index (κ1) is 19.1. The monoisotopic (exact) mass is 337 g/mol. The molecule has 0 aliphatic carbocycles. The molecule has 0 atom stereocenters. The molecule has 0 fully saturated rings. The van der Waals surface area contributed by atoms with Crippen LogP contribution in [0.4, 0.5) is 0 Å². The standard InChI is InChI=1S/C4H11N.3C3H7.CH3.Sn/c1-3-5-4-2;3*1-3-2;;/h5H,3-4H2,1-2H3;3*3H,1-2H3;1H3;. The summed E-state index contributed by atoms with van der Waals surface area (Å²) in [4.78, 5) is 2.62. The van der Waals surface area contributed by atoms with Gasteiger partial charge in [0.2, 0.25) is 0 Å². The quantitative estimate of drug-likeness (QED) is 0.704. The Morgan fingerprint density at radius 3 is 1.00 bits per heavy atom. The normalized spacial score (nSPS) is 12.0. The molecule has 0 bridgehead atoms. The van der Waals surface area contributed by atoms with Crippen molar-refractivity contribution in [3.05, 3.63) is 0 Å². The Kier molecular flexibility index (Phi) is 11.6. The first-order valence-electron chi connectivity index (χ1n) is 6.95. The topological polar surface area (TPSA) is 12.0 Å². The van der Waals surface area contributed by atoms with Crippen LogP contribution >= 0.6 is 0 Å². The van der Waals surface area contributed by atoms with Gasteiger partial charge in [-0.15, -0.1) is 0 Å². The summed E-state index contributed by atoms with van der Waals surface area (Å²) in [5.41, 5.74) is 0. The number of hydrogen-bond acceptors (Lipinski definition) is 1. The molecule has 1 nitrogen and oxygen atoms in total. The van der Waals surface area contributed by atoms with Gasteiger partial charge < -0.3 is 5.32 Å². The van der Waals surface area contributed by atoms with E-state index in [0.717, 1.165) is 24.9 Å². The average Bonchev–Trinajstić information content (AvgIpc) is 2.17. The molecule has 0 amide bonds. The summed E-state index contributed by atoms with van der Waals surface area (Å²) in [6.45, 7) is 20.9. The van der Waals surface area contributed by atoms with Crippen LogP contribution < -0.4 is 5.32 Å². The third-order valence-electron chi connectivity index (χ3n) is 4.23. The van der Waals surface area contributed by atoms with Gasteiger partial charge in [-0.25, -0.2) is 0 Å². The van der Waals surface area contributed by atoms with Crippen LogP contribution in [0, 0.1) is 0 Å². The summed E-state index contributed by atoms with van der Waals surface area (Å²) in [5, 5.41) is 3.11. The van der Waals surface area contributed by atoms with Crippen molar-refractivity contribution >= 4 is 18.4 Å². The van der Waals surface area contributed by atoms with Crippen LogP contribution in [0.2, 0.25) is 16.7 Å². The molecular weight excluding hydrogens is 301 g/mol. The van der Waals surface area contributed by atoms with Gasteiger partial charge in [0.15, 0.2) is 0 Å². The molecule has 0 aliphatic rings. The van der Waals surface area contributed by atoms with Gasteiger partial charge in [-0.1, -0.05) is 13.8 Å². The van der Waals surface area contributed by atoms with Gasteiger partial charge in [0.05, 0.1) is 0 Å². The Hall–Kier alpha value is 0.759. The van der Waals surface area contributed by atoms with E-state index in [0.29, 0.717) is 0 Å². The molecule has 0 saturated carbocycles. The summed E-state index contributed by atoms with van der Waals surface area (Å²) in [6, 6.07) is 0. The second kappa shape index (κ2) is 9.75. The van der Waals surface area contributed by atoms with E-state index < -0.39 is 18.4 Å². The van der Waals surface area contributed by atoms with Gasteiger partial charge in [-0.05, 0) is 13.1 Å². The molecule has 0 spiro atoms. The first-order chi connectivity index (χ1) is 7.24. The molecule has 16 heavy (non-hydrogen) atoms. The van der Waals surface area contributed by atoms with E-state index >= 15 is 0 Å². The second-order valence-electron chi connectivity index (χ2n) is 5.79. The van der Waals surface area contributed by atoms with Crippen molar-refractivity contribution < 1.29 is 0 Å². The third-order valence-corrected chi connectivity index (χ3v) is 25.5. The molecule has 0 heterocycles. The van der Waals surface area contributed by atoms with E-state index in [2.05, 4.69) is 65.6 Å². The van der Waals surface area contributed by atoms with Crippen LogP contribution in [0.25, 0.3) is 0 Å². The van der Waals surface area contributed by atoms with Gasteiger partial charge in [0, 0.05) is 0 Å². The van der Waals surface area contributed by atoms with Crippen molar-refractivity contribution in [3.63, 3.8) is 0 Å². The third kappa shape index (κ3) is 6.48. The van der Waals surface area contributed by atoms with Gasteiger partial charge in [-0.3, -0.25) is 0 Å². The van der Waals surface area contributed by atoms with Gasteiger partial charge >= 0.3 is 76.7 Å². The molecule has 0 aliphatic heterocycles. The maximum absolute atomic E-state index is 3.11. The van der Waals surface area contributed by atoms with E-state index in [1.165, 1.54) is 0 Å². The van der Waals surface area contributed by atoms with Gasteiger partial charge in [0.1, 0.15) is 0 Å². The Balaban J connectivity index is 0. The first-order valence-corrected chi connectivity index (χ1v) is 14.7. The molecule has 100 valence electrons. The summed E-state index contributed by atoms with van der Waals surface area (Å²) in [7, 11) is 0. The van der Waals surface area contributed by atoms with Crippen LogP contribution in [0.3, 0.4) is 0 Å². The van der Waals surface area contributed by atoms with Crippen molar-refractivity contribution in [2.75, 3.05) is 13.1 Å². The molecule has 0 aromatic heterocycles. The minimum atomic E-state index is -1.74. The van der Waals surface area contributed by atoms with Crippen LogP contribution in [-0.2, 0) is 0 Å². The number of nitrogens with one attached hydrogen (secondary N) is 1. The van der Waals surface area contributed by atoms with Crippen LogP contribution in [-0.4, -0.2) is 31.5 Å². The predicted molar refractivity (Wildman–Crippen MR) is 81.1 cm³/mol. The zero-order chi connectivity index (χ0) is 13.4. The summed E-state index contributed by atoms with van der Waals surface area (Å²) < 4.78 is 2.97. The van der Waals surface area contributed by atoms with Crippen molar-refractivity contribution in [1.29, 1.82) is 0 Å². The molecular formula is C14H35NSn. The Morgan fingerprint density at radius 1 is 0.750 bits per heavy atom. The predicted octanol–water partition coefficient (Wildman–Crippen LogP) is 4.91. The summed E-state index contributed by atoms with van der Waals surface area (Å²) >= 11 is -1.74. The molecule has 0 aromatic carbocycles. The van der Waals surface area contributed by atoms with Gasteiger partial charge in [0.25, 0.3) is 0 Å². The van der Waals surface area contributed by atoms with E-state index in [1.54, 1.807) is 0 Å². The van der Waals surface area contributed by atoms with Crippen molar-refractivity contribution in [3.8, 4) is 0 Å². The second-order valence-corrected chi connectivity index (χ2v) is 23.5. The molecule has 0 radical (unpaired) electrons. The van der Waals surface area contributed by atoms with Crippen molar-refractivity contribution in [1.82, 2.24) is 5.32 Å². The summed E-state index contributed by atoms with van der Waals surface area (Å²) in [5.74, 6) is 0. The van der Waals surface area contributed by atoms with E-state index in [1.807, 2.05) is 0 Å². The van der Waals surface area contributed by atoms with E-state index in [4.69, 9.17) is 0 Å². The van der Waals surface area contributed by atoms with E-state index in [-0.39, 0.29) is 0 Å². The molecule has 0 unspecified atom stereocenters. The molecule has 2 heteroatoms. The Bertz CT molecular complexity index is 129. The fourth-order valence-electron chi connectivity index (χ4n) is 2.25. The van der Waals surface area contributed by atoms with Crippen molar-refractivity contribution in [2.45, 2.75) is 72.1 Å². The van der Waals surface area contributed by atoms with Crippen LogP contribution in [0.5, 0.6) is 0 Å². The van der Waals surface area contributed by atoms with E-state index in [9.17, 15) is 0 Å².